The van der Waals surface area contributed by atoms with Gasteiger partial charge in [0, 0.05) is 30.7 Å². The average molecular weight is 323 g/mol. The highest BCUT2D eigenvalue weighted by Gasteiger charge is 2.26. The van der Waals surface area contributed by atoms with Crippen molar-refractivity contribution < 1.29 is 4.79 Å². The number of nitrogens with zero attached hydrogens (tertiary/aromatic N) is 3. The Bertz CT molecular complexity index is 644. The Labute approximate surface area is 133 Å². The smallest absolute Gasteiger partial charge is 0.248 e. The Morgan fingerprint density at radius 3 is 2.68 bits per heavy atom. The molecule has 1 aliphatic rings. The second-order valence-electron chi connectivity index (χ2n) is 5.17. The normalized spacial score (nSPS) is 21.3. The van der Waals surface area contributed by atoms with Crippen molar-refractivity contribution in [2.45, 2.75) is 13.0 Å². The molecule has 1 aliphatic heterocycles. The Morgan fingerprint density at radius 2 is 2.14 bits per heavy atom. The molecule has 118 valence electrons. The molecule has 0 saturated heterocycles. The van der Waals surface area contributed by atoms with Gasteiger partial charge in [0.1, 0.15) is 0 Å². The maximum atomic E-state index is 11.3. The third kappa shape index (κ3) is 3.15. The first-order valence-corrected chi connectivity index (χ1v) is 7.06. The first-order chi connectivity index (χ1) is 10.3. The van der Waals surface area contributed by atoms with Gasteiger partial charge in [-0.2, -0.15) is 5.10 Å². The highest BCUT2D eigenvalue weighted by molar-refractivity contribution is 6.33. The monoisotopic (exact) mass is 322 g/mol. The first-order valence-electron chi connectivity index (χ1n) is 6.68. The van der Waals surface area contributed by atoms with Crippen molar-refractivity contribution in [3.8, 4) is 0 Å². The number of benzene rings is 1. The third-order valence-corrected chi connectivity index (χ3v) is 4.02. The minimum atomic E-state index is -0.554. The molecule has 0 saturated carbocycles. The minimum Gasteiger partial charge on any atom is -0.400 e. The van der Waals surface area contributed by atoms with Crippen molar-refractivity contribution in [3.05, 3.63) is 40.7 Å². The van der Waals surface area contributed by atoms with Crippen LogP contribution in [0.2, 0.25) is 5.02 Å². The van der Waals surface area contributed by atoms with E-state index in [0.717, 1.165) is 0 Å². The van der Waals surface area contributed by atoms with Crippen LogP contribution in [-0.2, 0) is 0 Å². The number of rotatable bonds is 4. The van der Waals surface area contributed by atoms with Gasteiger partial charge in [0.25, 0.3) is 0 Å². The van der Waals surface area contributed by atoms with Crippen LogP contribution in [0.1, 0.15) is 17.3 Å². The van der Waals surface area contributed by atoms with Gasteiger partial charge in [-0.25, -0.2) is 5.84 Å². The second-order valence-corrected chi connectivity index (χ2v) is 5.58. The molecule has 1 aromatic carbocycles. The number of carbonyl (C=O) groups is 1. The van der Waals surface area contributed by atoms with Crippen LogP contribution in [0.15, 0.2) is 35.2 Å². The van der Waals surface area contributed by atoms with Crippen LogP contribution in [-0.4, -0.2) is 30.2 Å². The maximum absolute atomic E-state index is 11.3. The average Bonchev–Trinajstić information content (AvgIpc) is 2.79. The van der Waals surface area contributed by atoms with Gasteiger partial charge < -0.3 is 11.5 Å². The summed E-state index contributed by atoms with van der Waals surface area (Å²) in [5, 5.41) is 7.69. The third-order valence-electron chi connectivity index (χ3n) is 3.70. The van der Waals surface area contributed by atoms with E-state index in [2.05, 4.69) is 5.10 Å². The van der Waals surface area contributed by atoms with E-state index >= 15 is 0 Å². The van der Waals surface area contributed by atoms with Crippen LogP contribution in [0.25, 0.3) is 0 Å². The number of amides is 1. The number of nitrogens with two attached hydrogens (primary N) is 3. The summed E-state index contributed by atoms with van der Waals surface area (Å²) in [7, 11) is 1.88. The molecule has 22 heavy (non-hydrogen) atoms. The fourth-order valence-electron chi connectivity index (χ4n) is 2.18. The van der Waals surface area contributed by atoms with Gasteiger partial charge in [0.15, 0.2) is 0 Å². The molecular weight excluding hydrogens is 304 g/mol. The van der Waals surface area contributed by atoms with E-state index in [1.807, 2.05) is 19.0 Å². The lowest BCUT2D eigenvalue weighted by Gasteiger charge is -2.22. The van der Waals surface area contributed by atoms with E-state index in [4.69, 9.17) is 28.9 Å². The standard InChI is InChI=1S/C14H19ClN6O/c1-8-10(6-19-20(8)2)12(16)7-21(18)13-5-9(14(17)22)3-4-11(13)15/h3-8,10H,16,18H2,1-2H3,(H2,17,22)/b12-7-. The van der Waals surface area contributed by atoms with Crippen molar-refractivity contribution in [2.24, 2.45) is 28.3 Å². The van der Waals surface area contributed by atoms with Gasteiger partial charge in [0.2, 0.25) is 5.91 Å². The molecule has 0 aliphatic carbocycles. The van der Waals surface area contributed by atoms with E-state index in [1.165, 1.54) is 17.1 Å². The van der Waals surface area contributed by atoms with Gasteiger partial charge in [-0.3, -0.25) is 14.8 Å². The number of primary amides is 1. The molecule has 2 unspecified atom stereocenters. The topological polar surface area (TPSA) is 114 Å². The summed E-state index contributed by atoms with van der Waals surface area (Å²) >= 11 is 6.11. The molecule has 8 heteroatoms. The zero-order valence-corrected chi connectivity index (χ0v) is 13.2. The van der Waals surface area contributed by atoms with Gasteiger partial charge >= 0.3 is 0 Å². The molecule has 2 atom stereocenters. The molecule has 2 rings (SSSR count). The number of hydrazone groups is 1. The van der Waals surface area contributed by atoms with Crippen LogP contribution in [0.4, 0.5) is 5.69 Å². The predicted molar refractivity (Wildman–Crippen MR) is 88.1 cm³/mol. The largest absolute Gasteiger partial charge is 0.400 e. The fourth-order valence-corrected chi connectivity index (χ4v) is 2.40. The number of anilines is 1. The highest BCUT2D eigenvalue weighted by atomic mass is 35.5. The SMILES string of the molecule is CC1C(/C(N)=C/N(N)c2cc(C(N)=O)ccc2Cl)C=NN1C. The lowest BCUT2D eigenvalue weighted by Crippen LogP contribution is -2.33. The number of halogens is 1. The van der Waals surface area contributed by atoms with E-state index in [1.54, 1.807) is 18.5 Å². The van der Waals surface area contributed by atoms with Gasteiger partial charge in [0.05, 0.1) is 22.7 Å². The number of hydrogen-bond donors (Lipinski definition) is 3. The van der Waals surface area contributed by atoms with Crippen LogP contribution < -0.4 is 22.3 Å². The van der Waals surface area contributed by atoms with Crippen molar-refractivity contribution in [1.82, 2.24) is 5.01 Å². The zero-order chi connectivity index (χ0) is 16.4. The number of hydrogen-bond acceptors (Lipinski definition) is 6. The Hall–Kier alpha value is -2.25. The Balaban J connectivity index is 2.26. The summed E-state index contributed by atoms with van der Waals surface area (Å²) in [5.74, 6) is 5.39. The summed E-state index contributed by atoms with van der Waals surface area (Å²) < 4.78 is 0. The first kappa shape index (κ1) is 16.1. The van der Waals surface area contributed by atoms with E-state index in [-0.39, 0.29) is 12.0 Å². The Kier molecular flexibility index (Phi) is 4.58. The van der Waals surface area contributed by atoms with E-state index in [0.29, 0.717) is 22.0 Å². The predicted octanol–water partition coefficient (Wildman–Crippen LogP) is 0.855. The van der Waals surface area contributed by atoms with Crippen molar-refractivity contribution in [3.63, 3.8) is 0 Å². The zero-order valence-electron chi connectivity index (χ0n) is 12.4. The molecule has 0 aromatic heterocycles. The van der Waals surface area contributed by atoms with Crippen LogP contribution in [0.3, 0.4) is 0 Å². The quantitative estimate of drug-likeness (QED) is 0.562. The van der Waals surface area contributed by atoms with Crippen LogP contribution in [0.5, 0.6) is 0 Å². The molecule has 0 bridgehead atoms. The van der Waals surface area contributed by atoms with Crippen LogP contribution >= 0.6 is 11.6 Å². The summed E-state index contributed by atoms with van der Waals surface area (Å²) in [6.45, 7) is 2.01. The highest BCUT2D eigenvalue weighted by Crippen LogP contribution is 2.27. The molecule has 1 amide bonds. The molecular formula is C14H19ClN6O. The summed E-state index contributed by atoms with van der Waals surface area (Å²) in [5.41, 5.74) is 12.7. The second kappa shape index (κ2) is 6.25. The van der Waals surface area contributed by atoms with Crippen molar-refractivity contribution in [1.29, 1.82) is 0 Å². The molecule has 6 N–H and O–H groups in total. The van der Waals surface area contributed by atoms with Gasteiger partial charge in [-0.15, -0.1) is 0 Å². The van der Waals surface area contributed by atoms with Gasteiger partial charge in [-0.1, -0.05) is 11.6 Å². The summed E-state index contributed by atoms with van der Waals surface area (Å²) in [4.78, 5) is 11.3. The van der Waals surface area contributed by atoms with E-state index in [9.17, 15) is 4.79 Å². The molecule has 0 fully saturated rings. The van der Waals surface area contributed by atoms with Gasteiger partial charge in [-0.05, 0) is 25.1 Å². The summed E-state index contributed by atoms with van der Waals surface area (Å²) in [6, 6.07) is 4.76. The van der Waals surface area contributed by atoms with Crippen molar-refractivity contribution >= 4 is 29.4 Å². The Morgan fingerprint density at radius 1 is 1.45 bits per heavy atom. The van der Waals surface area contributed by atoms with Crippen molar-refractivity contribution in [2.75, 3.05) is 12.1 Å². The molecule has 1 heterocycles. The van der Waals surface area contributed by atoms with Crippen LogP contribution in [0, 0.1) is 5.92 Å². The maximum Gasteiger partial charge on any atom is 0.248 e. The molecule has 1 aromatic rings. The fraction of sp³-hybridized carbons (Fsp3) is 0.286. The number of hydrazine groups is 1. The van der Waals surface area contributed by atoms with E-state index < -0.39 is 5.91 Å². The molecule has 7 nitrogen and oxygen atoms in total. The lowest BCUT2D eigenvalue weighted by molar-refractivity contribution is 0.100. The number of carbonyl (C=O) groups excluding carboxylic acids is 1. The molecule has 0 radical (unpaired) electrons. The lowest BCUT2D eigenvalue weighted by atomic mass is 10.0. The minimum absolute atomic E-state index is 0.0471. The summed E-state index contributed by atoms with van der Waals surface area (Å²) in [6.07, 6.45) is 3.34. The molecule has 0 spiro atoms.